The van der Waals surface area contributed by atoms with E-state index >= 15 is 0 Å². The predicted molar refractivity (Wildman–Crippen MR) is 92.4 cm³/mol. The van der Waals surface area contributed by atoms with Crippen LogP contribution in [0.4, 0.5) is 0 Å². The normalized spacial score (nSPS) is 12.3. The standard InChI is InChI=1S/C19H31NO2/c1-7-18(3,4)14-9-10-16(22-12-11-17(20)21)15(13-14)19(5,6)8-2/h9-10,13H,7-8,11-12H2,1-6H3,(H2,20,21). The van der Waals surface area contributed by atoms with Crippen LogP contribution in [0, 0.1) is 0 Å². The summed E-state index contributed by atoms with van der Waals surface area (Å²) in [4.78, 5) is 10.9. The fourth-order valence-electron chi connectivity index (χ4n) is 2.26. The van der Waals surface area contributed by atoms with Crippen molar-refractivity contribution in [3.63, 3.8) is 0 Å². The van der Waals surface area contributed by atoms with Crippen LogP contribution in [0.5, 0.6) is 5.75 Å². The first-order chi connectivity index (χ1) is 10.1. The summed E-state index contributed by atoms with van der Waals surface area (Å²) < 4.78 is 5.84. The molecule has 124 valence electrons. The average molecular weight is 305 g/mol. The van der Waals surface area contributed by atoms with Crippen LogP contribution in [0.2, 0.25) is 0 Å². The second-order valence-corrected chi connectivity index (χ2v) is 7.25. The Morgan fingerprint density at radius 2 is 1.68 bits per heavy atom. The van der Waals surface area contributed by atoms with Crippen LogP contribution >= 0.6 is 0 Å². The van der Waals surface area contributed by atoms with Crippen molar-refractivity contribution in [1.29, 1.82) is 0 Å². The Morgan fingerprint density at radius 3 is 2.18 bits per heavy atom. The number of benzene rings is 1. The molecule has 0 aliphatic rings. The summed E-state index contributed by atoms with van der Waals surface area (Å²) >= 11 is 0. The molecule has 0 atom stereocenters. The largest absolute Gasteiger partial charge is 0.493 e. The van der Waals surface area contributed by atoms with Gasteiger partial charge in [-0.05, 0) is 35.3 Å². The highest BCUT2D eigenvalue weighted by Gasteiger charge is 2.26. The molecule has 0 aliphatic heterocycles. The molecule has 22 heavy (non-hydrogen) atoms. The van der Waals surface area contributed by atoms with Crippen molar-refractivity contribution >= 4 is 5.91 Å². The molecule has 0 aromatic heterocycles. The lowest BCUT2D eigenvalue weighted by molar-refractivity contribution is -0.118. The number of primary amides is 1. The van der Waals surface area contributed by atoms with Crippen molar-refractivity contribution in [2.24, 2.45) is 5.73 Å². The van der Waals surface area contributed by atoms with Crippen molar-refractivity contribution < 1.29 is 9.53 Å². The highest BCUT2D eigenvalue weighted by atomic mass is 16.5. The van der Waals surface area contributed by atoms with Crippen molar-refractivity contribution in [3.8, 4) is 5.75 Å². The van der Waals surface area contributed by atoms with Gasteiger partial charge in [-0.1, -0.05) is 53.7 Å². The first-order valence-electron chi connectivity index (χ1n) is 8.20. The molecule has 3 heteroatoms. The quantitative estimate of drug-likeness (QED) is 0.777. The number of hydrogen-bond donors (Lipinski definition) is 1. The van der Waals surface area contributed by atoms with E-state index in [0.717, 1.165) is 18.6 Å². The zero-order valence-corrected chi connectivity index (χ0v) is 15.0. The second-order valence-electron chi connectivity index (χ2n) is 7.25. The third-order valence-electron chi connectivity index (χ3n) is 4.86. The number of rotatable bonds is 8. The molecule has 0 unspecified atom stereocenters. The minimum absolute atomic E-state index is 0.0297. The molecule has 0 saturated heterocycles. The summed E-state index contributed by atoms with van der Waals surface area (Å²) in [5.74, 6) is 0.531. The maximum Gasteiger partial charge on any atom is 0.220 e. The minimum atomic E-state index is -0.333. The van der Waals surface area contributed by atoms with Gasteiger partial charge >= 0.3 is 0 Å². The summed E-state index contributed by atoms with van der Waals surface area (Å²) in [6.07, 6.45) is 2.35. The van der Waals surface area contributed by atoms with E-state index in [0.29, 0.717) is 6.61 Å². The van der Waals surface area contributed by atoms with Crippen LogP contribution in [0.1, 0.15) is 71.9 Å². The van der Waals surface area contributed by atoms with Gasteiger partial charge in [-0.3, -0.25) is 4.79 Å². The zero-order chi connectivity index (χ0) is 17.0. The van der Waals surface area contributed by atoms with Crippen LogP contribution in [-0.4, -0.2) is 12.5 Å². The van der Waals surface area contributed by atoms with Crippen LogP contribution in [0.15, 0.2) is 18.2 Å². The molecule has 1 amide bonds. The first kappa shape index (κ1) is 18.5. The van der Waals surface area contributed by atoms with Crippen LogP contribution in [-0.2, 0) is 15.6 Å². The number of amides is 1. The highest BCUT2D eigenvalue weighted by molar-refractivity contribution is 5.73. The molecule has 0 saturated carbocycles. The van der Waals surface area contributed by atoms with E-state index in [-0.39, 0.29) is 23.2 Å². The number of ether oxygens (including phenoxy) is 1. The topological polar surface area (TPSA) is 52.3 Å². The van der Waals surface area contributed by atoms with E-state index in [1.54, 1.807) is 0 Å². The van der Waals surface area contributed by atoms with Crippen LogP contribution in [0.3, 0.4) is 0 Å². The Labute approximate surface area is 135 Å². The number of hydrogen-bond acceptors (Lipinski definition) is 2. The van der Waals surface area contributed by atoms with E-state index in [1.807, 2.05) is 6.07 Å². The lowest BCUT2D eigenvalue weighted by atomic mass is 9.76. The van der Waals surface area contributed by atoms with Crippen LogP contribution < -0.4 is 10.5 Å². The van der Waals surface area contributed by atoms with Gasteiger partial charge in [0, 0.05) is 5.56 Å². The average Bonchev–Trinajstić information content (AvgIpc) is 2.46. The summed E-state index contributed by atoms with van der Waals surface area (Å²) in [5, 5.41) is 0. The van der Waals surface area contributed by atoms with E-state index in [4.69, 9.17) is 10.5 Å². The monoisotopic (exact) mass is 305 g/mol. The van der Waals surface area contributed by atoms with Gasteiger partial charge < -0.3 is 10.5 Å². The smallest absolute Gasteiger partial charge is 0.220 e. The molecule has 1 aromatic rings. The van der Waals surface area contributed by atoms with Crippen LogP contribution in [0.25, 0.3) is 0 Å². The first-order valence-corrected chi connectivity index (χ1v) is 8.20. The van der Waals surface area contributed by atoms with Crippen molar-refractivity contribution in [2.45, 2.75) is 71.6 Å². The molecule has 0 fully saturated rings. The second kappa shape index (κ2) is 7.17. The highest BCUT2D eigenvalue weighted by Crippen LogP contribution is 2.38. The molecule has 0 aliphatic carbocycles. The SMILES string of the molecule is CCC(C)(C)c1ccc(OCCC(N)=O)c(C(C)(C)CC)c1. The van der Waals surface area contributed by atoms with Gasteiger partial charge in [-0.25, -0.2) is 0 Å². The summed E-state index contributed by atoms with van der Waals surface area (Å²) in [7, 11) is 0. The van der Waals surface area contributed by atoms with E-state index in [2.05, 4.69) is 53.7 Å². The lowest BCUT2D eigenvalue weighted by Gasteiger charge is -2.30. The maximum atomic E-state index is 10.9. The van der Waals surface area contributed by atoms with Gasteiger partial charge in [-0.15, -0.1) is 0 Å². The van der Waals surface area contributed by atoms with Crippen molar-refractivity contribution in [3.05, 3.63) is 29.3 Å². The van der Waals surface area contributed by atoms with E-state index in [1.165, 1.54) is 11.1 Å². The van der Waals surface area contributed by atoms with Crippen molar-refractivity contribution in [2.75, 3.05) is 6.61 Å². The van der Waals surface area contributed by atoms with Gasteiger partial charge in [-0.2, -0.15) is 0 Å². The third-order valence-corrected chi connectivity index (χ3v) is 4.86. The Hall–Kier alpha value is -1.51. The Kier molecular flexibility index (Phi) is 6.04. The molecule has 0 spiro atoms. The van der Waals surface area contributed by atoms with Gasteiger partial charge in [0.2, 0.25) is 5.91 Å². The van der Waals surface area contributed by atoms with Gasteiger partial charge in [0.25, 0.3) is 0 Å². The lowest BCUT2D eigenvalue weighted by Crippen LogP contribution is -2.22. The number of carbonyl (C=O) groups is 1. The summed E-state index contributed by atoms with van der Waals surface area (Å²) in [6, 6.07) is 6.45. The molecular formula is C19H31NO2. The van der Waals surface area contributed by atoms with Gasteiger partial charge in [0.15, 0.2) is 0 Å². The molecular weight excluding hydrogens is 274 g/mol. The molecule has 0 bridgehead atoms. The van der Waals surface area contributed by atoms with E-state index < -0.39 is 0 Å². The molecule has 3 nitrogen and oxygen atoms in total. The molecule has 0 heterocycles. The minimum Gasteiger partial charge on any atom is -0.493 e. The number of carbonyl (C=O) groups excluding carboxylic acids is 1. The van der Waals surface area contributed by atoms with Crippen molar-refractivity contribution in [1.82, 2.24) is 0 Å². The zero-order valence-electron chi connectivity index (χ0n) is 15.0. The molecule has 0 radical (unpaired) electrons. The Balaban J connectivity index is 3.19. The predicted octanol–water partition coefficient (Wildman–Crippen LogP) is 4.32. The number of nitrogens with two attached hydrogens (primary N) is 1. The maximum absolute atomic E-state index is 10.9. The fourth-order valence-corrected chi connectivity index (χ4v) is 2.26. The summed E-state index contributed by atoms with van der Waals surface area (Å²) in [5.41, 5.74) is 7.89. The Bertz CT molecular complexity index is 518. The Morgan fingerprint density at radius 1 is 1.09 bits per heavy atom. The third kappa shape index (κ3) is 4.49. The molecule has 2 N–H and O–H groups in total. The fraction of sp³-hybridized carbons (Fsp3) is 0.632. The van der Waals surface area contributed by atoms with Gasteiger partial charge in [0.05, 0.1) is 13.0 Å². The molecule has 1 aromatic carbocycles. The summed E-state index contributed by atoms with van der Waals surface area (Å²) in [6.45, 7) is 13.7. The molecule has 1 rings (SSSR count). The van der Waals surface area contributed by atoms with E-state index in [9.17, 15) is 4.79 Å². The van der Waals surface area contributed by atoms with Gasteiger partial charge in [0.1, 0.15) is 5.75 Å².